The molecule has 0 saturated carbocycles. The van der Waals surface area contributed by atoms with Gasteiger partial charge in [0.05, 0.1) is 23.8 Å². The molecule has 0 aliphatic carbocycles. The highest BCUT2D eigenvalue weighted by Gasteiger charge is 2.14. The van der Waals surface area contributed by atoms with Gasteiger partial charge in [-0.1, -0.05) is 12.1 Å². The van der Waals surface area contributed by atoms with Gasteiger partial charge in [-0.05, 0) is 17.7 Å². The summed E-state index contributed by atoms with van der Waals surface area (Å²) >= 11 is 0. The van der Waals surface area contributed by atoms with Gasteiger partial charge in [-0.15, -0.1) is 24.0 Å². The van der Waals surface area contributed by atoms with E-state index >= 15 is 0 Å². The third-order valence-corrected chi connectivity index (χ3v) is 4.86. The van der Waals surface area contributed by atoms with Gasteiger partial charge in [0.25, 0.3) is 0 Å². The Morgan fingerprint density at radius 2 is 2.00 bits per heavy atom. The first-order valence-corrected chi connectivity index (χ1v) is 8.10. The summed E-state index contributed by atoms with van der Waals surface area (Å²) < 4.78 is 23.5. The van der Waals surface area contributed by atoms with E-state index < -0.39 is 9.84 Å². The Morgan fingerprint density at radius 3 is 2.52 bits per heavy atom. The molecule has 1 aromatic carbocycles. The summed E-state index contributed by atoms with van der Waals surface area (Å²) in [6.45, 7) is 1.96. The number of sulfone groups is 1. The molecule has 0 saturated heterocycles. The average Bonchev–Trinajstić information content (AvgIpc) is 2.82. The standard InChI is InChI=1S/C13H19N3O3S.HI/c1-16-7-6-14-13(16)15-10-11-2-4-12(5-3-11)20(18,19)9-8-17;/h2-5,17H,6-10H2,1H3,(H,14,15);1H. The summed E-state index contributed by atoms with van der Waals surface area (Å²) in [4.78, 5) is 6.60. The number of halogens is 1. The van der Waals surface area contributed by atoms with Crippen LogP contribution in [0, 0.1) is 0 Å². The summed E-state index contributed by atoms with van der Waals surface area (Å²) in [5, 5.41) is 12.0. The van der Waals surface area contributed by atoms with Gasteiger partial charge in [-0.2, -0.15) is 0 Å². The number of hydrogen-bond acceptors (Lipinski definition) is 6. The van der Waals surface area contributed by atoms with Gasteiger partial charge in [0, 0.05) is 20.1 Å². The lowest BCUT2D eigenvalue weighted by atomic mass is 10.2. The molecule has 2 N–H and O–H groups in total. The maximum atomic E-state index is 11.8. The molecule has 1 aromatic rings. The van der Waals surface area contributed by atoms with Crippen molar-refractivity contribution in [1.82, 2.24) is 10.2 Å². The van der Waals surface area contributed by atoms with Gasteiger partial charge in [-0.3, -0.25) is 4.99 Å². The minimum Gasteiger partial charge on any atom is -0.395 e. The fourth-order valence-electron chi connectivity index (χ4n) is 1.96. The van der Waals surface area contributed by atoms with E-state index in [4.69, 9.17) is 5.11 Å². The molecule has 0 fully saturated rings. The molecule has 0 atom stereocenters. The minimum atomic E-state index is -3.37. The van der Waals surface area contributed by atoms with E-state index in [0.29, 0.717) is 6.54 Å². The molecule has 0 bridgehead atoms. The van der Waals surface area contributed by atoms with Crippen molar-refractivity contribution >= 4 is 39.8 Å². The van der Waals surface area contributed by atoms with Crippen molar-refractivity contribution in [2.45, 2.75) is 11.4 Å². The summed E-state index contributed by atoms with van der Waals surface area (Å²) in [6.07, 6.45) is 0. The van der Waals surface area contributed by atoms with E-state index in [2.05, 4.69) is 10.3 Å². The van der Waals surface area contributed by atoms with E-state index in [-0.39, 0.29) is 41.2 Å². The number of guanidine groups is 1. The predicted octanol–water partition coefficient (Wildman–Crippen LogP) is 0.462. The quantitative estimate of drug-likeness (QED) is 0.671. The van der Waals surface area contributed by atoms with Crippen LogP contribution in [-0.2, 0) is 16.4 Å². The fourth-order valence-corrected chi connectivity index (χ4v) is 2.98. The van der Waals surface area contributed by atoms with Gasteiger partial charge >= 0.3 is 0 Å². The lowest BCUT2D eigenvalue weighted by Crippen LogP contribution is -2.35. The molecule has 0 spiro atoms. The summed E-state index contributed by atoms with van der Waals surface area (Å²) in [6, 6.07) is 6.68. The SMILES string of the molecule is CN1CCN=C1NCc1ccc(S(=O)(=O)CCO)cc1.I. The van der Waals surface area contributed by atoms with E-state index in [0.717, 1.165) is 24.6 Å². The third-order valence-electron chi connectivity index (χ3n) is 3.15. The monoisotopic (exact) mass is 425 g/mol. The van der Waals surface area contributed by atoms with Gasteiger partial charge in [0.15, 0.2) is 15.8 Å². The fraction of sp³-hybridized carbons (Fsp3) is 0.462. The van der Waals surface area contributed by atoms with Crippen molar-refractivity contribution < 1.29 is 13.5 Å². The molecule has 118 valence electrons. The molecule has 21 heavy (non-hydrogen) atoms. The van der Waals surface area contributed by atoms with Gasteiger partial charge in [0.2, 0.25) is 0 Å². The maximum absolute atomic E-state index is 11.8. The van der Waals surface area contributed by atoms with Crippen LogP contribution in [0.3, 0.4) is 0 Å². The Bertz CT molecular complexity index is 587. The molecule has 0 radical (unpaired) electrons. The van der Waals surface area contributed by atoms with E-state index in [1.165, 1.54) is 0 Å². The topological polar surface area (TPSA) is 82.0 Å². The molecule has 8 heteroatoms. The number of aliphatic hydroxyl groups excluding tert-OH is 1. The minimum absolute atomic E-state index is 0. The zero-order valence-corrected chi connectivity index (χ0v) is 15.0. The number of rotatable bonds is 5. The first-order chi connectivity index (χ1) is 9.53. The molecule has 1 aliphatic heterocycles. The van der Waals surface area contributed by atoms with Crippen LogP contribution >= 0.6 is 24.0 Å². The van der Waals surface area contributed by atoms with Crippen LogP contribution in [0.1, 0.15) is 5.56 Å². The predicted molar refractivity (Wildman–Crippen MR) is 92.8 cm³/mol. The Kier molecular flexibility index (Phi) is 6.88. The molecule has 0 unspecified atom stereocenters. The molecule has 2 rings (SSSR count). The average molecular weight is 425 g/mol. The van der Waals surface area contributed by atoms with E-state index in [1.54, 1.807) is 24.3 Å². The number of aliphatic imine (C=N–C) groups is 1. The highest BCUT2D eigenvalue weighted by molar-refractivity contribution is 14.0. The second kappa shape index (κ2) is 7.95. The zero-order chi connectivity index (χ0) is 14.6. The molecule has 1 aliphatic rings. The van der Waals surface area contributed by atoms with Crippen molar-refractivity contribution in [2.75, 3.05) is 32.5 Å². The number of likely N-dealkylation sites (N-methyl/N-ethyl adjacent to an activating group) is 1. The lowest BCUT2D eigenvalue weighted by molar-refractivity contribution is 0.319. The van der Waals surface area contributed by atoms with Gasteiger partial charge in [0.1, 0.15) is 0 Å². The van der Waals surface area contributed by atoms with Crippen molar-refractivity contribution in [3.05, 3.63) is 29.8 Å². The van der Waals surface area contributed by atoms with Crippen molar-refractivity contribution in [3.8, 4) is 0 Å². The second-order valence-electron chi connectivity index (χ2n) is 4.67. The zero-order valence-electron chi connectivity index (χ0n) is 11.8. The molecule has 6 nitrogen and oxygen atoms in total. The molecule has 1 heterocycles. The third kappa shape index (κ3) is 4.82. The maximum Gasteiger partial charge on any atom is 0.194 e. The number of hydrogen-bond donors (Lipinski definition) is 2. The van der Waals surface area contributed by atoms with Crippen LogP contribution in [0.4, 0.5) is 0 Å². The Morgan fingerprint density at radius 1 is 1.33 bits per heavy atom. The van der Waals surface area contributed by atoms with Crippen LogP contribution in [-0.4, -0.2) is 56.9 Å². The molecule has 0 aromatic heterocycles. The Hall–Kier alpha value is -0.870. The number of benzene rings is 1. The highest BCUT2D eigenvalue weighted by atomic mass is 127. The second-order valence-corrected chi connectivity index (χ2v) is 6.78. The van der Waals surface area contributed by atoms with Crippen molar-refractivity contribution in [3.63, 3.8) is 0 Å². The van der Waals surface area contributed by atoms with Crippen LogP contribution in [0.5, 0.6) is 0 Å². The van der Waals surface area contributed by atoms with Crippen LogP contribution < -0.4 is 5.32 Å². The molecular weight excluding hydrogens is 405 g/mol. The smallest absolute Gasteiger partial charge is 0.194 e. The largest absolute Gasteiger partial charge is 0.395 e. The molecule has 0 amide bonds. The summed E-state index contributed by atoms with van der Waals surface area (Å²) in [5.74, 6) is 0.619. The van der Waals surface area contributed by atoms with Gasteiger partial charge in [-0.25, -0.2) is 8.42 Å². The van der Waals surface area contributed by atoms with Crippen molar-refractivity contribution in [2.24, 2.45) is 4.99 Å². The molecular formula is C13H20IN3O3S. The highest BCUT2D eigenvalue weighted by Crippen LogP contribution is 2.12. The van der Waals surface area contributed by atoms with Crippen molar-refractivity contribution in [1.29, 1.82) is 0 Å². The first kappa shape index (κ1) is 18.2. The van der Waals surface area contributed by atoms with Crippen LogP contribution in [0.25, 0.3) is 0 Å². The Balaban J connectivity index is 0.00000220. The number of nitrogens with one attached hydrogen (secondary N) is 1. The Labute approximate surface area is 142 Å². The lowest BCUT2D eigenvalue weighted by Gasteiger charge is -2.15. The summed E-state index contributed by atoms with van der Waals surface area (Å²) in [5.41, 5.74) is 0.982. The first-order valence-electron chi connectivity index (χ1n) is 6.45. The summed E-state index contributed by atoms with van der Waals surface area (Å²) in [7, 11) is -1.39. The van der Waals surface area contributed by atoms with Crippen LogP contribution in [0.15, 0.2) is 34.2 Å². The van der Waals surface area contributed by atoms with Gasteiger partial charge < -0.3 is 15.3 Å². The van der Waals surface area contributed by atoms with Crippen LogP contribution in [0.2, 0.25) is 0 Å². The van der Waals surface area contributed by atoms with E-state index in [1.807, 2.05) is 11.9 Å². The van der Waals surface area contributed by atoms with E-state index in [9.17, 15) is 8.42 Å². The normalized spacial score (nSPS) is 14.6. The number of aliphatic hydroxyl groups is 1. The number of nitrogens with zero attached hydrogens (tertiary/aromatic N) is 2.